The highest BCUT2D eigenvalue weighted by molar-refractivity contribution is 5.61. The third kappa shape index (κ3) is 3.34. The Hall–Kier alpha value is -0.850. The minimum absolute atomic E-state index is 0.106. The van der Waals surface area contributed by atoms with Crippen molar-refractivity contribution in [2.45, 2.75) is 119 Å². The third-order valence-electron chi connectivity index (χ3n) is 11.4. The highest BCUT2D eigenvalue weighted by Crippen LogP contribution is 2.72. The summed E-state index contributed by atoms with van der Waals surface area (Å²) in [7, 11) is 0. The molecule has 0 N–H and O–H groups in total. The summed E-state index contributed by atoms with van der Waals surface area (Å²) in [5.41, 5.74) is 6.11. The summed E-state index contributed by atoms with van der Waals surface area (Å²) >= 11 is 0. The summed E-state index contributed by atoms with van der Waals surface area (Å²) in [6, 6.07) is 0. The van der Waals surface area contributed by atoms with Crippen molar-refractivity contribution in [3.8, 4) is 0 Å². The average Bonchev–Trinajstić information content (AvgIpc) is 2.99. The monoisotopic (exact) mass is 424 g/mol. The molecule has 4 aliphatic rings. The molecular formula is C30H48O. The fraction of sp³-hybridized carbons (Fsp3) is 0.833. The fourth-order valence-electron chi connectivity index (χ4n) is 9.44. The van der Waals surface area contributed by atoms with Crippen LogP contribution >= 0.6 is 0 Å². The summed E-state index contributed by atoms with van der Waals surface area (Å²) in [6.07, 6.45) is 17.9. The molecule has 0 aromatic rings. The van der Waals surface area contributed by atoms with Gasteiger partial charge in [0.15, 0.2) is 0 Å². The molecule has 2 saturated carbocycles. The maximum atomic E-state index is 12.2. The second-order valence-corrected chi connectivity index (χ2v) is 13.2. The summed E-state index contributed by atoms with van der Waals surface area (Å²) in [5.74, 6) is 2.22. The van der Waals surface area contributed by atoms with Gasteiger partial charge in [-0.15, -0.1) is 0 Å². The zero-order chi connectivity index (χ0) is 22.7. The molecule has 2 fully saturated rings. The van der Waals surface area contributed by atoms with E-state index in [1.54, 1.807) is 0 Å². The predicted molar refractivity (Wildman–Crippen MR) is 132 cm³/mol. The molecule has 0 saturated heterocycles. The van der Waals surface area contributed by atoms with Crippen molar-refractivity contribution >= 4 is 6.29 Å². The van der Waals surface area contributed by atoms with Gasteiger partial charge in [-0.2, -0.15) is 0 Å². The van der Waals surface area contributed by atoms with Gasteiger partial charge in [-0.1, -0.05) is 63.8 Å². The van der Waals surface area contributed by atoms with Crippen molar-refractivity contribution in [1.82, 2.24) is 0 Å². The molecule has 0 aliphatic heterocycles. The molecule has 0 heterocycles. The fourth-order valence-corrected chi connectivity index (χ4v) is 9.44. The van der Waals surface area contributed by atoms with E-state index in [4.69, 9.17) is 0 Å². The largest absolute Gasteiger partial charge is 0.303 e. The van der Waals surface area contributed by atoms with E-state index in [1.165, 1.54) is 76.1 Å². The van der Waals surface area contributed by atoms with Crippen LogP contribution in [0.4, 0.5) is 0 Å². The maximum Gasteiger partial charge on any atom is 0.126 e. The lowest BCUT2D eigenvalue weighted by molar-refractivity contribution is -0.125. The summed E-state index contributed by atoms with van der Waals surface area (Å²) < 4.78 is 0. The lowest BCUT2D eigenvalue weighted by Gasteiger charge is -2.61. The van der Waals surface area contributed by atoms with E-state index < -0.39 is 0 Å². The van der Waals surface area contributed by atoms with E-state index in [0.717, 1.165) is 18.3 Å². The Morgan fingerprint density at radius 2 is 1.74 bits per heavy atom. The van der Waals surface area contributed by atoms with Crippen molar-refractivity contribution < 1.29 is 4.79 Å². The second kappa shape index (κ2) is 7.88. The van der Waals surface area contributed by atoms with Crippen molar-refractivity contribution in [3.05, 3.63) is 22.8 Å². The van der Waals surface area contributed by atoms with Crippen LogP contribution in [0.5, 0.6) is 0 Å². The molecule has 1 heteroatoms. The molecule has 2 unspecified atom stereocenters. The van der Waals surface area contributed by atoms with Gasteiger partial charge in [0.2, 0.25) is 0 Å². The molecule has 4 aliphatic carbocycles. The van der Waals surface area contributed by atoms with E-state index in [-0.39, 0.29) is 10.8 Å². The molecule has 0 radical (unpaired) electrons. The average molecular weight is 425 g/mol. The number of aldehydes is 1. The second-order valence-electron chi connectivity index (χ2n) is 13.2. The SMILES string of the molecule is CC(C)=CCC[C@@H](C)[C@H]1CC[C@@]2(C)C3=C(CC[C@@]12C)[C@@]1(C)CCCC(C)(C=O)C1CC3. The minimum Gasteiger partial charge on any atom is -0.303 e. The first-order valence-corrected chi connectivity index (χ1v) is 13.3. The van der Waals surface area contributed by atoms with Crippen LogP contribution in [0.2, 0.25) is 0 Å². The molecule has 0 aromatic carbocycles. The quantitative estimate of drug-likeness (QED) is 0.318. The number of rotatable bonds is 5. The molecule has 31 heavy (non-hydrogen) atoms. The Morgan fingerprint density at radius 3 is 2.42 bits per heavy atom. The van der Waals surface area contributed by atoms with Gasteiger partial charge in [0, 0.05) is 5.41 Å². The molecule has 0 aromatic heterocycles. The molecule has 0 amide bonds. The van der Waals surface area contributed by atoms with E-state index >= 15 is 0 Å². The number of carbonyl (C=O) groups is 1. The van der Waals surface area contributed by atoms with E-state index in [1.807, 2.05) is 11.1 Å². The van der Waals surface area contributed by atoms with Crippen LogP contribution < -0.4 is 0 Å². The van der Waals surface area contributed by atoms with Crippen molar-refractivity contribution in [2.75, 3.05) is 0 Å². The number of carbonyl (C=O) groups excluding carboxylic acids is 1. The molecule has 4 rings (SSSR count). The zero-order valence-electron chi connectivity index (χ0n) is 21.6. The Labute approximate surface area is 192 Å². The lowest BCUT2D eigenvalue weighted by Crippen LogP contribution is -2.52. The van der Waals surface area contributed by atoms with Crippen LogP contribution in [0.3, 0.4) is 0 Å². The third-order valence-corrected chi connectivity index (χ3v) is 11.4. The van der Waals surface area contributed by atoms with Crippen molar-refractivity contribution in [2.24, 2.45) is 39.4 Å². The molecule has 1 nitrogen and oxygen atoms in total. The normalized spacial score (nSPS) is 45.4. The minimum atomic E-state index is -0.106. The zero-order valence-corrected chi connectivity index (χ0v) is 21.6. The number of hydrogen-bond donors (Lipinski definition) is 0. The Bertz CT molecular complexity index is 784. The van der Waals surface area contributed by atoms with Crippen molar-refractivity contribution in [1.29, 1.82) is 0 Å². The molecule has 7 atom stereocenters. The van der Waals surface area contributed by atoms with Crippen molar-refractivity contribution in [3.63, 3.8) is 0 Å². The van der Waals surface area contributed by atoms with E-state index in [9.17, 15) is 4.79 Å². The smallest absolute Gasteiger partial charge is 0.126 e. The Balaban J connectivity index is 1.65. The number of fused-ring (bicyclic) bond motifs is 4. The summed E-state index contributed by atoms with van der Waals surface area (Å²) in [4.78, 5) is 12.2. The van der Waals surface area contributed by atoms with Crippen LogP contribution in [-0.2, 0) is 4.79 Å². The topological polar surface area (TPSA) is 17.1 Å². The first-order valence-electron chi connectivity index (χ1n) is 13.3. The Morgan fingerprint density at radius 1 is 1.00 bits per heavy atom. The predicted octanol–water partition coefficient (Wildman–Crippen LogP) is 8.69. The van der Waals surface area contributed by atoms with Crippen LogP contribution in [-0.4, -0.2) is 6.29 Å². The first-order chi connectivity index (χ1) is 14.5. The van der Waals surface area contributed by atoms with Gasteiger partial charge >= 0.3 is 0 Å². The first kappa shape index (κ1) is 23.3. The number of hydrogen-bond acceptors (Lipinski definition) is 1. The van der Waals surface area contributed by atoms with Gasteiger partial charge in [0.1, 0.15) is 6.29 Å². The van der Waals surface area contributed by atoms with E-state index in [0.29, 0.717) is 16.7 Å². The summed E-state index contributed by atoms with van der Waals surface area (Å²) in [5, 5.41) is 0. The molecular weight excluding hydrogens is 376 g/mol. The highest BCUT2D eigenvalue weighted by Gasteiger charge is 2.62. The maximum absolute atomic E-state index is 12.2. The van der Waals surface area contributed by atoms with Gasteiger partial charge in [0.25, 0.3) is 0 Å². The van der Waals surface area contributed by atoms with Crippen LogP contribution in [0.1, 0.15) is 119 Å². The van der Waals surface area contributed by atoms with Crippen LogP contribution in [0.15, 0.2) is 22.8 Å². The standard InChI is InChI=1S/C30H48O/c1-21(2)10-8-11-22(3)23-14-18-30(7)25-12-13-26-27(4,20-31)16-9-17-28(26,5)24(25)15-19-29(23,30)6/h10,20,22-23,26H,8-9,11-19H2,1-7H3/t22-,23-,26?,27?,28-,29+,30+/m1/s1. The van der Waals surface area contributed by atoms with Crippen LogP contribution in [0, 0.1) is 39.4 Å². The van der Waals surface area contributed by atoms with Gasteiger partial charge in [-0.25, -0.2) is 0 Å². The molecule has 0 bridgehead atoms. The van der Waals surface area contributed by atoms with E-state index in [2.05, 4.69) is 54.5 Å². The number of allylic oxidation sites excluding steroid dienone is 4. The van der Waals surface area contributed by atoms with Gasteiger partial charge in [-0.3, -0.25) is 0 Å². The summed E-state index contributed by atoms with van der Waals surface area (Å²) in [6.45, 7) is 17.1. The molecule has 174 valence electrons. The van der Waals surface area contributed by atoms with Gasteiger partial charge in [-0.05, 0) is 112 Å². The van der Waals surface area contributed by atoms with Crippen LogP contribution in [0.25, 0.3) is 0 Å². The highest BCUT2D eigenvalue weighted by atomic mass is 16.1. The Kier molecular flexibility index (Phi) is 5.92. The molecule has 0 spiro atoms. The van der Waals surface area contributed by atoms with Gasteiger partial charge < -0.3 is 4.79 Å². The lowest BCUT2D eigenvalue weighted by atomic mass is 9.43. The van der Waals surface area contributed by atoms with Gasteiger partial charge in [0.05, 0.1) is 0 Å².